The first-order valence-electron chi connectivity index (χ1n) is 3.94. The molecular weight excluding hydrogens is 148 g/mol. The van der Waals surface area contributed by atoms with Gasteiger partial charge in [0.2, 0.25) is 0 Å². The summed E-state index contributed by atoms with van der Waals surface area (Å²) in [7, 11) is 0. The van der Waals surface area contributed by atoms with Crippen LogP contribution in [0.5, 0.6) is 0 Å². The first kappa shape index (κ1) is 7.28. The number of benzene rings is 2. The summed E-state index contributed by atoms with van der Waals surface area (Å²) in [5.74, 6) is 5.49. The second-order valence-corrected chi connectivity index (χ2v) is 2.74. The zero-order chi connectivity index (χ0) is 8.39. The molecule has 2 nitrogen and oxygen atoms in total. The minimum atomic E-state index is 1.09. The molecule has 12 heavy (non-hydrogen) atoms. The van der Waals surface area contributed by atoms with E-state index in [0.717, 1.165) is 5.69 Å². The first-order chi connectivity index (χ1) is 5.92. The van der Waals surface area contributed by atoms with Crippen LogP contribution in [0.3, 0.4) is 0 Å². The largest absolute Gasteiger partial charge is 0.239 e. The summed E-state index contributed by atoms with van der Waals surface area (Å²) in [6.45, 7) is 0. The summed E-state index contributed by atoms with van der Waals surface area (Å²) in [6, 6.07) is 14.3. The van der Waals surface area contributed by atoms with Gasteiger partial charge in [-0.05, 0) is 11.5 Å². The van der Waals surface area contributed by atoms with Crippen molar-refractivity contribution in [3.05, 3.63) is 42.5 Å². The average molecular weight is 159 g/mol. The third kappa shape index (κ3) is 1.07. The maximum Gasteiger partial charge on any atom is 0.156 e. The van der Waals surface area contributed by atoms with E-state index in [1.165, 1.54) is 10.8 Å². The van der Waals surface area contributed by atoms with E-state index >= 15 is 0 Å². The fraction of sp³-hybridized carbons (Fsp3) is 0. The minimum Gasteiger partial charge on any atom is -0.239 e. The molecule has 0 aromatic heterocycles. The molecule has 0 radical (unpaired) electrons. The fourth-order valence-corrected chi connectivity index (χ4v) is 1.40. The lowest BCUT2D eigenvalue weighted by Gasteiger charge is -1.99. The zero-order valence-corrected chi connectivity index (χ0v) is 6.70. The zero-order valence-electron chi connectivity index (χ0n) is 6.70. The van der Waals surface area contributed by atoms with Crippen molar-refractivity contribution in [1.29, 1.82) is 0 Å². The number of quaternary nitrogens is 1. The van der Waals surface area contributed by atoms with Gasteiger partial charge in [0.15, 0.2) is 5.69 Å². The van der Waals surface area contributed by atoms with Gasteiger partial charge in [-0.3, -0.25) is 0 Å². The van der Waals surface area contributed by atoms with Crippen LogP contribution in [0, 0.1) is 0 Å². The molecule has 60 valence electrons. The molecular formula is C10H11N2+. The molecule has 0 aliphatic rings. The maximum absolute atomic E-state index is 5.49. The van der Waals surface area contributed by atoms with Crippen molar-refractivity contribution in [2.75, 3.05) is 0 Å². The summed E-state index contributed by atoms with van der Waals surface area (Å²) in [4.78, 5) is 0. The van der Waals surface area contributed by atoms with Crippen LogP contribution in [0.1, 0.15) is 0 Å². The van der Waals surface area contributed by atoms with Crippen LogP contribution in [0.2, 0.25) is 0 Å². The Morgan fingerprint density at radius 1 is 0.917 bits per heavy atom. The number of fused-ring (bicyclic) bond motifs is 1. The van der Waals surface area contributed by atoms with E-state index in [1.807, 2.05) is 24.3 Å². The summed E-state index contributed by atoms with van der Waals surface area (Å²) in [6.07, 6.45) is 0. The molecule has 0 amide bonds. The predicted octanol–water partition coefficient (Wildman–Crippen LogP) is 0.908. The highest BCUT2D eigenvalue weighted by atomic mass is 15.2. The molecule has 0 aliphatic heterocycles. The van der Waals surface area contributed by atoms with Crippen molar-refractivity contribution >= 4 is 16.5 Å². The maximum atomic E-state index is 5.49. The fourth-order valence-electron chi connectivity index (χ4n) is 1.40. The Morgan fingerprint density at radius 2 is 1.67 bits per heavy atom. The Labute approximate surface area is 71.0 Å². The van der Waals surface area contributed by atoms with Gasteiger partial charge in [0.1, 0.15) is 0 Å². The van der Waals surface area contributed by atoms with Gasteiger partial charge in [-0.1, -0.05) is 30.3 Å². The van der Waals surface area contributed by atoms with Gasteiger partial charge < -0.3 is 0 Å². The molecule has 0 aliphatic carbocycles. The molecule has 2 aromatic rings. The summed E-state index contributed by atoms with van der Waals surface area (Å²) in [5.41, 5.74) is 2.73. The van der Waals surface area contributed by atoms with E-state index in [2.05, 4.69) is 18.2 Å². The lowest BCUT2D eigenvalue weighted by molar-refractivity contribution is -0.582. The topological polar surface area (TPSA) is 42.6 Å². The van der Waals surface area contributed by atoms with Crippen LogP contribution in [0.15, 0.2) is 42.5 Å². The molecule has 2 heteroatoms. The van der Waals surface area contributed by atoms with Gasteiger partial charge >= 0.3 is 0 Å². The summed E-state index contributed by atoms with van der Waals surface area (Å²) >= 11 is 0. The van der Waals surface area contributed by atoms with Crippen LogP contribution in [0.25, 0.3) is 10.8 Å². The van der Waals surface area contributed by atoms with Gasteiger partial charge in [-0.15, -0.1) is 0 Å². The van der Waals surface area contributed by atoms with Crippen LogP contribution in [-0.4, -0.2) is 0 Å². The van der Waals surface area contributed by atoms with Crippen LogP contribution in [-0.2, 0) is 0 Å². The number of hydrogen-bond acceptors (Lipinski definition) is 1. The van der Waals surface area contributed by atoms with Crippen molar-refractivity contribution in [1.82, 2.24) is 0 Å². The Balaban J connectivity index is 2.79. The van der Waals surface area contributed by atoms with E-state index < -0.39 is 0 Å². The highest BCUT2D eigenvalue weighted by Gasteiger charge is 1.99. The number of hydrogen-bond donors (Lipinski definition) is 2. The highest BCUT2D eigenvalue weighted by Crippen LogP contribution is 2.18. The Hall–Kier alpha value is -1.38. The van der Waals surface area contributed by atoms with Gasteiger partial charge in [-0.2, -0.15) is 5.84 Å². The predicted molar refractivity (Wildman–Crippen MR) is 49.7 cm³/mol. The molecule has 0 heterocycles. The van der Waals surface area contributed by atoms with Crippen LogP contribution >= 0.6 is 0 Å². The van der Waals surface area contributed by atoms with Gasteiger partial charge in [0, 0.05) is 11.5 Å². The van der Waals surface area contributed by atoms with E-state index in [4.69, 9.17) is 5.84 Å². The van der Waals surface area contributed by atoms with Gasteiger partial charge in [0.25, 0.3) is 0 Å². The van der Waals surface area contributed by atoms with Crippen molar-refractivity contribution in [3.8, 4) is 0 Å². The molecule has 0 fully saturated rings. The molecule has 0 unspecified atom stereocenters. The smallest absolute Gasteiger partial charge is 0.156 e. The average Bonchev–Trinajstić information content (AvgIpc) is 2.17. The molecule has 2 rings (SSSR count). The molecule has 0 bridgehead atoms. The van der Waals surface area contributed by atoms with E-state index in [1.54, 1.807) is 5.43 Å². The van der Waals surface area contributed by atoms with E-state index in [9.17, 15) is 0 Å². The van der Waals surface area contributed by atoms with Crippen molar-refractivity contribution in [2.24, 2.45) is 5.84 Å². The Bertz CT molecular complexity index is 390. The molecule has 4 N–H and O–H groups in total. The molecule has 0 saturated carbocycles. The van der Waals surface area contributed by atoms with Crippen LogP contribution in [0.4, 0.5) is 5.69 Å². The van der Waals surface area contributed by atoms with Crippen molar-refractivity contribution in [2.45, 2.75) is 0 Å². The molecule has 0 saturated heterocycles. The molecule has 0 spiro atoms. The number of nitrogens with two attached hydrogens (primary N) is 2. The standard InChI is InChI=1S/C10H10N2/c11-12-10-7-3-5-8-4-1-2-6-9(8)10/h1-7,12H,11H2/p+1. The molecule has 2 aromatic carbocycles. The highest BCUT2D eigenvalue weighted by molar-refractivity contribution is 5.90. The van der Waals surface area contributed by atoms with E-state index in [0.29, 0.717) is 0 Å². The SMILES string of the molecule is N[NH2+]c1cccc2ccccc12. The van der Waals surface area contributed by atoms with Crippen molar-refractivity contribution in [3.63, 3.8) is 0 Å². The third-order valence-electron chi connectivity index (χ3n) is 2.00. The second-order valence-electron chi connectivity index (χ2n) is 2.74. The lowest BCUT2D eigenvalue weighted by Crippen LogP contribution is -2.85. The first-order valence-corrected chi connectivity index (χ1v) is 3.94. The van der Waals surface area contributed by atoms with Crippen LogP contribution < -0.4 is 11.3 Å². The normalized spacial score (nSPS) is 10.4. The summed E-state index contributed by atoms with van der Waals surface area (Å²) in [5, 5.41) is 2.44. The van der Waals surface area contributed by atoms with E-state index in [-0.39, 0.29) is 0 Å². The third-order valence-corrected chi connectivity index (χ3v) is 2.00. The Kier molecular flexibility index (Phi) is 1.78. The number of rotatable bonds is 1. The summed E-state index contributed by atoms with van der Waals surface area (Å²) < 4.78 is 0. The molecule has 0 atom stereocenters. The Morgan fingerprint density at radius 3 is 2.50 bits per heavy atom. The monoisotopic (exact) mass is 159 g/mol. The quantitative estimate of drug-likeness (QED) is 0.362. The van der Waals surface area contributed by atoms with Gasteiger partial charge in [0.05, 0.1) is 0 Å². The lowest BCUT2D eigenvalue weighted by atomic mass is 10.1. The second kappa shape index (κ2) is 2.93. The minimum absolute atomic E-state index is 1.09. The van der Waals surface area contributed by atoms with Crippen molar-refractivity contribution < 1.29 is 5.43 Å². The van der Waals surface area contributed by atoms with Gasteiger partial charge in [-0.25, -0.2) is 5.43 Å².